The van der Waals surface area contributed by atoms with Crippen molar-refractivity contribution in [2.24, 2.45) is 35.3 Å². The van der Waals surface area contributed by atoms with Gasteiger partial charge in [-0.3, -0.25) is 28.8 Å². The second kappa shape index (κ2) is 18.3. The zero-order chi connectivity index (χ0) is 36.5. The van der Waals surface area contributed by atoms with E-state index in [1.165, 1.54) is 18.2 Å². The van der Waals surface area contributed by atoms with E-state index < -0.39 is 78.4 Å². The van der Waals surface area contributed by atoms with E-state index >= 15 is 0 Å². The maximum atomic E-state index is 14.2. The van der Waals surface area contributed by atoms with E-state index in [-0.39, 0.29) is 18.4 Å². The standard InChI is InChI=1S/C36H60N6O8/c1-5-10-27-33(46)41-31(23-11-8-6-7-9-12-23)35(48)39-26(18-37)32(45)40-30(21(3)43)34(47)38-19-29(44)50-28(20(2)36(49)42(27)4)17-25-16-22-13-14-24(25)15-22/h20-28,30-31,43H,5-19,37H2,1-4H3,(H,38,47)(H,39,48)(H,40,45)(H,41,46)/t20-,21?,22?,24?,25-,26+,27+,28-,30+,31+/m1/s1. The van der Waals surface area contributed by atoms with Gasteiger partial charge in [-0.05, 0) is 75.5 Å². The maximum Gasteiger partial charge on any atom is 0.325 e. The van der Waals surface area contributed by atoms with Crippen LogP contribution in [-0.4, -0.2) is 102 Å². The van der Waals surface area contributed by atoms with Gasteiger partial charge in [0.25, 0.3) is 0 Å². The SMILES string of the molecule is CCC[C@H]1C(=O)N[C@@H](C2CCCCCC2)C(=O)N[C@@H](CN)C(=O)N[C@@H](C(C)O)C(=O)NCC(=O)O[C@H](C[C@H]2CC3CCC2C3)[C@@H](C)C(=O)N1C. The van der Waals surface area contributed by atoms with E-state index in [0.717, 1.165) is 44.9 Å². The van der Waals surface area contributed by atoms with Gasteiger partial charge in [-0.15, -0.1) is 0 Å². The summed E-state index contributed by atoms with van der Waals surface area (Å²) in [6.45, 7) is 4.06. The molecule has 0 aromatic carbocycles. The number of esters is 1. The van der Waals surface area contributed by atoms with Crippen molar-refractivity contribution in [3.8, 4) is 0 Å². The molecule has 4 fully saturated rings. The summed E-state index contributed by atoms with van der Waals surface area (Å²) in [4.78, 5) is 83.3. The monoisotopic (exact) mass is 704 g/mol. The van der Waals surface area contributed by atoms with Crippen LogP contribution in [0.15, 0.2) is 0 Å². The van der Waals surface area contributed by atoms with Crippen molar-refractivity contribution >= 4 is 35.5 Å². The van der Waals surface area contributed by atoms with Gasteiger partial charge >= 0.3 is 5.97 Å². The smallest absolute Gasteiger partial charge is 0.325 e. The Morgan fingerprint density at radius 2 is 1.58 bits per heavy atom. The predicted molar refractivity (Wildman–Crippen MR) is 185 cm³/mol. The summed E-state index contributed by atoms with van der Waals surface area (Å²) in [5, 5.41) is 20.9. The molecule has 0 aromatic heterocycles. The molecule has 0 radical (unpaired) electrons. The van der Waals surface area contributed by atoms with E-state index in [1.54, 1.807) is 14.0 Å². The average Bonchev–Trinajstić information content (AvgIpc) is 3.61. The third kappa shape index (κ3) is 9.95. The highest BCUT2D eigenvalue weighted by molar-refractivity contribution is 5.96. The highest BCUT2D eigenvalue weighted by Gasteiger charge is 2.44. The lowest BCUT2D eigenvalue weighted by Gasteiger charge is -2.35. The van der Waals surface area contributed by atoms with Gasteiger partial charge in [0.15, 0.2) is 0 Å². The molecule has 1 aliphatic heterocycles. The summed E-state index contributed by atoms with van der Waals surface area (Å²) in [6, 6.07) is -4.63. The number of nitrogens with one attached hydrogen (secondary N) is 4. The van der Waals surface area contributed by atoms with Crippen LogP contribution in [0.2, 0.25) is 0 Å². The van der Waals surface area contributed by atoms with E-state index in [4.69, 9.17) is 10.5 Å². The van der Waals surface area contributed by atoms with E-state index in [1.807, 2.05) is 6.92 Å². The molecule has 7 N–H and O–H groups in total. The Bertz CT molecular complexity index is 1220. The molecule has 3 aliphatic carbocycles. The number of cyclic esters (lactones) is 1. The minimum atomic E-state index is -1.46. The molecule has 4 rings (SSSR count). The van der Waals surface area contributed by atoms with Crippen LogP contribution in [0, 0.1) is 29.6 Å². The van der Waals surface area contributed by atoms with Crippen LogP contribution in [0.3, 0.4) is 0 Å². The summed E-state index contributed by atoms with van der Waals surface area (Å²) in [7, 11) is 1.57. The Morgan fingerprint density at radius 1 is 0.880 bits per heavy atom. The first-order valence-corrected chi connectivity index (χ1v) is 18.9. The first kappa shape index (κ1) is 39.5. The molecule has 4 aliphatic rings. The third-order valence-electron chi connectivity index (χ3n) is 11.6. The normalized spacial score (nSPS) is 35.1. The number of hydrogen-bond acceptors (Lipinski definition) is 9. The minimum Gasteiger partial charge on any atom is -0.460 e. The number of carbonyl (C=O) groups excluding carboxylic acids is 6. The number of nitrogens with two attached hydrogens (primary N) is 1. The number of likely N-dealkylation sites (N-methyl/N-ethyl adjacent to an activating group) is 1. The first-order chi connectivity index (χ1) is 23.8. The van der Waals surface area contributed by atoms with E-state index in [0.29, 0.717) is 49.9 Å². The highest BCUT2D eigenvalue weighted by Crippen LogP contribution is 2.50. The average molecular weight is 705 g/mol. The summed E-state index contributed by atoms with van der Waals surface area (Å²) in [6.07, 6.45) is 8.90. The third-order valence-corrected chi connectivity index (χ3v) is 11.6. The molecule has 3 unspecified atom stereocenters. The molecule has 3 saturated carbocycles. The van der Waals surface area contributed by atoms with Gasteiger partial charge < -0.3 is 41.7 Å². The van der Waals surface area contributed by atoms with Crippen molar-refractivity contribution in [2.75, 3.05) is 20.1 Å². The van der Waals surface area contributed by atoms with Crippen LogP contribution in [0.25, 0.3) is 0 Å². The van der Waals surface area contributed by atoms with Crippen LogP contribution in [-0.2, 0) is 33.5 Å². The van der Waals surface area contributed by atoms with Gasteiger partial charge in [0.2, 0.25) is 29.5 Å². The van der Waals surface area contributed by atoms with Crippen LogP contribution in [0.4, 0.5) is 0 Å². The lowest BCUT2D eigenvalue weighted by molar-refractivity contribution is -0.158. The Morgan fingerprint density at radius 3 is 2.16 bits per heavy atom. The number of aliphatic hydroxyl groups is 1. The molecule has 14 nitrogen and oxygen atoms in total. The van der Waals surface area contributed by atoms with Crippen molar-refractivity contribution in [3.63, 3.8) is 0 Å². The van der Waals surface area contributed by atoms with Gasteiger partial charge in [-0.1, -0.05) is 52.4 Å². The van der Waals surface area contributed by atoms with E-state index in [2.05, 4.69) is 21.3 Å². The number of aliphatic hydroxyl groups excluding tert-OH is 1. The molecule has 14 heteroatoms. The van der Waals surface area contributed by atoms with Gasteiger partial charge in [0.1, 0.15) is 36.8 Å². The van der Waals surface area contributed by atoms with Gasteiger partial charge in [0.05, 0.1) is 12.0 Å². The number of ether oxygens (including phenoxy) is 1. The number of nitrogens with zero attached hydrogens (tertiary/aromatic N) is 1. The van der Waals surface area contributed by atoms with Crippen molar-refractivity contribution in [3.05, 3.63) is 0 Å². The fourth-order valence-corrected chi connectivity index (χ4v) is 8.65. The summed E-state index contributed by atoms with van der Waals surface area (Å²) in [5.74, 6) is -3.37. The molecule has 1 saturated heterocycles. The molecule has 282 valence electrons. The van der Waals surface area contributed by atoms with Crippen molar-refractivity contribution < 1.29 is 38.6 Å². The summed E-state index contributed by atoms with van der Waals surface area (Å²) in [5.41, 5.74) is 5.91. The zero-order valence-electron chi connectivity index (χ0n) is 30.3. The molecule has 5 amide bonds. The Kier molecular flexibility index (Phi) is 14.5. The zero-order valence-corrected chi connectivity index (χ0v) is 30.3. The molecular weight excluding hydrogens is 644 g/mol. The number of hydrogen-bond donors (Lipinski definition) is 6. The number of fused-ring (bicyclic) bond motifs is 2. The number of carbonyl (C=O) groups is 6. The van der Waals surface area contributed by atoms with Crippen molar-refractivity contribution in [1.82, 2.24) is 26.2 Å². The number of amides is 5. The molecule has 10 atom stereocenters. The van der Waals surface area contributed by atoms with Gasteiger partial charge in [0, 0.05) is 13.6 Å². The maximum absolute atomic E-state index is 14.2. The Hall–Kier alpha value is -3.26. The quantitative estimate of drug-likeness (QED) is 0.164. The second-order valence-electron chi connectivity index (χ2n) is 15.2. The van der Waals surface area contributed by atoms with Crippen molar-refractivity contribution in [2.45, 2.75) is 141 Å². The fourth-order valence-electron chi connectivity index (χ4n) is 8.65. The predicted octanol–water partition coefficient (Wildman–Crippen LogP) is 0.882. The lowest BCUT2D eigenvalue weighted by Crippen LogP contribution is -2.62. The van der Waals surface area contributed by atoms with Gasteiger partial charge in [-0.25, -0.2) is 0 Å². The number of rotatable bonds is 7. The van der Waals surface area contributed by atoms with Gasteiger partial charge in [-0.2, -0.15) is 0 Å². The van der Waals surface area contributed by atoms with Crippen molar-refractivity contribution in [1.29, 1.82) is 0 Å². The molecule has 50 heavy (non-hydrogen) atoms. The largest absolute Gasteiger partial charge is 0.460 e. The summed E-state index contributed by atoms with van der Waals surface area (Å²) < 4.78 is 5.94. The van der Waals surface area contributed by atoms with Crippen LogP contribution in [0.1, 0.15) is 104 Å². The van der Waals surface area contributed by atoms with Crippen LogP contribution >= 0.6 is 0 Å². The lowest BCUT2D eigenvalue weighted by atomic mass is 9.82. The Labute approximate surface area is 296 Å². The minimum absolute atomic E-state index is 0.208. The molecule has 0 spiro atoms. The first-order valence-electron chi connectivity index (χ1n) is 18.9. The topological polar surface area (TPSA) is 209 Å². The highest BCUT2D eigenvalue weighted by atomic mass is 16.5. The van der Waals surface area contributed by atoms with Crippen LogP contribution < -0.4 is 27.0 Å². The molecular formula is C36H60N6O8. The molecule has 1 heterocycles. The van der Waals surface area contributed by atoms with Crippen LogP contribution in [0.5, 0.6) is 0 Å². The summed E-state index contributed by atoms with van der Waals surface area (Å²) >= 11 is 0. The Balaban J connectivity index is 1.68. The second-order valence-corrected chi connectivity index (χ2v) is 15.2. The van der Waals surface area contributed by atoms with E-state index in [9.17, 15) is 33.9 Å². The molecule has 0 aromatic rings. The fraction of sp³-hybridized carbons (Fsp3) is 0.833. The molecule has 2 bridgehead atoms.